The molecule has 1 aliphatic rings. The molecule has 0 saturated carbocycles. The number of nitrogens with zero attached hydrogens (tertiary/aromatic N) is 2. The number of pyridine rings is 1. The molecule has 6 heteroatoms. The second-order valence-corrected chi connectivity index (χ2v) is 11.3. The molecule has 4 nitrogen and oxygen atoms in total. The van der Waals surface area contributed by atoms with Crippen molar-refractivity contribution in [2.75, 3.05) is 0 Å². The highest BCUT2D eigenvalue weighted by atomic mass is 32.2. The fourth-order valence-electron chi connectivity index (χ4n) is 3.35. The Hall–Kier alpha value is -2.18. The van der Waals surface area contributed by atoms with Crippen molar-refractivity contribution in [3.63, 3.8) is 0 Å². The Morgan fingerprint density at radius 3 is 2.23 bits per heavy atom. The molecule has 30 heavy (non-hydrogen) atoms. The van der Waals surface area contributed by atoms with E-state index in [9.17, 15) is 9.90 Å². The van der Waals surface area contributed by atoms with Crippen LogP contribution in [-0.4, -0.2) is 25.2 Å². The number of phenols is 1. The molecule has 0 spiro atoms. The lowest BCUT2D eigenvalue weighted by atomic mass is 9.78. The van der Waals surface area contributed by atoms with Gasteiger partial charge in [-0.05, 0) is 46.2 Å². The van der Waals surface area contributed by atoms with Crippen LogP contribution in [0.3, 0.4) is 0 Å². The summed E-state index contributed by atoms with van der Waals surface area (Å²) in [6.07, 6.45) is 5.33. The van der Waals surface area contributed by atoms with Crippen LogP contribution >= 0.6 is 24.0 Å². The fraction of sp³-hybridized carbons (Fsp3) is 0.375. The Kier molecular flexibility index (Phi) is 6.12. The van der Waals surface area contributed by atoms with Gasteiger partial charge in [-0.1, -0.05) is 71.6 Å². The van der Waals surface area contributed by atoms with Gasteiger partial charge in [-0.25, -0.2) is 0 Å². The van der Waals surface area contributed by atoms with Crippen LogP contribution in [0, 0.1) is 0 Å². The van der Waals surface area contributed by atoms with Gasteiger partial charge in [0.1, 0.15) is 10.1 Å². The molecule has 1 amide bonds. The lowest BCUT2D eigenvalue weighted by Gasteiger charge is -2.28. The molecule has 158 valence electrons. The summed E-state index contributed by atoms with van der Waals surface area (Å²) in [6, 6.07) is 7.72. The summed E-state index contributed by atoms with van der Waals surface area (Å²) in [5, 5.41) is 10.9. The molecule has 0 aliphatic carbocycles. The molecule has 0 radical (unpaired) electrons. The summed E-state index contributed by atoms with van der Waals surface area (Å²) in [7, 11) is 0. The van der Waals surface area contributed by atoms with Crippen LogP contribution in [0.1, 0.15) is 63.8 Å². The minimum atomic E-state index is -0.229. The van der Waals surface area contributed by atoms with Crippen LogP contribution in [0.15, 0.2) is 41.6 Å². The summed E-state index contributed by atoms with van der Waals surface area (Å²) in [6.45, 7) is 12.9. The Morgan fingerprint density at radius 1 is 1.13 bits per heavy atom. The van der Waals surface area contributed by atoms with E-state index in [4.69, 9.17) is 12.2 Å². The maximum absolute atomic E-state index is 13.0. The van der Waals surface area contributed by atoms with Crippen molar-refractivity contribution in [2.45, 2.75) is 58.9 Å². The number of aromatic nitrogens is 1. The quantitative estimate of drug-likeness (QED) is 0.484. The number of carbonyl (C=O) groups excluding carboxylic acids is 1. The van der Waals surface area contributed by atoms with Crippen molar-refractivity contribution >= 4 is 40.3 Å². The van der Waals surface area contributed by atoms with E-state index in [2.05, 4.69) is 46.5 Å². The number of hydrogen-bond acceptors (Lipinski definition) is 5. The number of aromatic hydroxyl groups is 1. The largest absolute Gasteiger partial charge is 0.507 e. The van der Waals surface area contributed by atoms with Gasteiger partial charge in [0.2, 0.25) is 0 Å². The van der Waals surface area contributed by atoms with Crippen LogP contribution in [0.2, 0.25) is 0 Å². The van der Waals surface area contributed by atoms with Gasteiger partial charge in [-0.3, -0.25) is 14.7 Å². The first-order chi connectivity index (χ1) is 13.9. The topological polar surface area (TPSA) is 53.4 Å². The summed E-state index contributed by atoms with van der Waals surface area (Å²) in [5.41, 5.74) is 3.11. The van der Waals surface area contributed by atoms with Crippen LogP contribution in [-0.2, 0) is 22.2 Å². The van der Waals surface area contributed by atoms with Crippen molar-refractivity contribution in [3.05, 3.63) is 63.8 Å². The van der Waals surface area contributed by atoms with Crippen LogP contribution in [0.25, 0.3) is 6.08 Å². The molecule has 0 bridgehead atoms. The molecule has 1 fully saturated rings. The number of thiocarbonyl (C=S) groups is 1. The first kappa shape index (κ1) is 22.5. The van der Waals surface area contributed by atoms with E-state index in [0.29, 0.717) is 21.5 Å². The van der Waals surface area contributed by atoms with Gasteiger partial charge >= 0.3 is 0 Å². The van der Waals surface area contributed by atoms with Gasteiger partial charge in [-0.15, -0.1) is 0 Å². The van der Waals surface area contributed by atoms with Gasteiger partial charge in [0.05, 0.1) is 11.4 Å². The SMILES string of the molecule is CC(C)(C)c1cc(/C=C2\SC(=S)N(Cc3cccnc3)C2=O)cc(C(C)(C)C)c1O. The third kappa shape index (κ3) is 4.76. The normalized spacial score (nSPS) is 16.6. The fourth-order valence-corrected chi connectivity index (χ4v) is 4.60. The predicted octanol–water partition coefficient (Wildman–Crippen LogP) is 5.78. The summed E-state index contributed by atoms with van der Waals surface area (Å²) in [5.74, 6) is 0.229. The number of thioether (sulfide) groups is 1. The number of rotatable bonds is 3. The molecule has 2 heterocycles. The van der Waals surface area contributed by atoms with Gasteiger partial charge in [0.15, 0.2) is 0 Å². The average molecular weight is 441 g/mol. The molecular formula is C24H28N2O2S2. The highest BCUT2D eigenvalue weighted by Crippen LogP contribution is 2.41. The molecular weight excluding hydrogens is 412 g/mol. The smallest absolute Gasteiger partial charge is 0.266 e. The maximum atomic E-state index is 13.0. The molecule has 1 aliphatic heterocycles. The first-order valence-electron chi connectivity index (χ1n) is 9.90. The molecule has 1 aromatic heterocycles. The van der Waals surface area contributed by atoms with E-state index < -0.39 is 0 Å². The Morgan fingerprint density at radius 2 is 1.73 bits per heavy atom. The lowest BCUT2D eigenvalue weighted by Crippen LogP contribution is -2.27. The van der Waals surface area contributed by atoms with E-state index in [1.54, 1.807) is 17.3 Å². The third-order valence-electron chi connectivity index (χ3n) is 4.98. The van der Waals surface area contributed by atoms with Crippen molar-refractivity contribution in [1.29, 1.82) is 0 Å². The van der Waals surface area contributed by atoms with E-state index in [0.717, 1.165) is 22.3 Å². The number of hydrogen-bond donors (Lipinski definition) is 1. The summed E-state index contributed by atoms with van der Waals surface area (Å²) >= 11 is 6.78. The van der Waals surface area contributed by atoms with Crippen molar-refractivity contribution in [2.24, 2.45) is 0 Å². The number of benzene rings is 1. The highest BCUT2D eigenvalue weighted by molar-refractivity contribution is 8.26. The summed E-state index contributed by atoms with van der Waals surface area (Å²) in [4.78, 5) is 19.3. The molecule has 1 aromatic carbocycles. The Bertz CT molecular complexity index is 981. The van der Waals surface area contributed by atoms with E-state index in [1.165, 1.54) is 11.8 Å². The molecule has 1 saturated heterocycles. The van der Waals surface area contributed by atoms with Crippen LogP contribution in [0.4, 0.5) is 0 Å². The average Bonchev–Trinajstić information content (AvgIpc) is 2.89. The number of carbonyl (C=O) groups is 1. The van der Waals surface area contributed by atoms with Crippen molar-refractivity contribution in [1.82, 2.24) is 9.88 Å². The van der Waals surface area contributed by atoms with Crippen molar-refractivity contribution in [3.8, 4) is 5.75 Å². The first-order valence-corrected chi connectivity index (χ1v) is 11.1. The standard InChI is InChI=1S/C24H28N2O2S2/c1-23(2,3)17-10-16(11-18(20(17)27)24(4,5)6)12-19-21(28)26(22(29)30-19)14-15-8-7-9-25-13-15/h7-13,27H,14H2,1-6H3/b19-12-. The van der Waals surface area contributed by atoms with Gasteiger partial charge in [-0.2, -0.15) is 0 Å². The minimum absolute atomic E-state index is 0.100. The minimum Gasteiger partial charge on any atom is -0.507 e. The predicted molar refractivity (Wildman–Crippen MR) is 128 cm³/mol. The number of amides is 1. The van der Waals surface area contributed by atoms with E-state index >= 15 is 0 Å². The monoisotopic (exact) mass is 440 g/mol. The Balaban J connectivity index is 2.00. The molecule has 0 atom stereocenters. The van der Waals surface area contributed by atoms with Gasteiger partial charge < -0.3 is 5.11 Å². The van der Waals surface area contributed by atoms with Crippen molar-refractivity contribution < 1.29 is 9.90 Å². The second kappa shape index (κ2) is 8.16. The zero-order valence-corrected chi connectivity index (χ0v) is 19.9. The molecule has 0 unspecified atom stereocenters. The second-order valence-electron chi connectivity index (χ2n) is 9.59. The molecule has 3 rings (SSSR count). The maximum Gasteiger partial charge on any atom is 0.266 e. The van der Waals surface area contributed by atoms with Crippen LogP contribution < -0.4 is 0 Å². The zero-order valence-electron chi connectivity index (χ0n) is 18.3. The molecule has 2 aromatic rings. The lowest BCUT2D eigenvalue weighted by molar-refractivity contribution is -0.122. The van der Waals surface area contributed by atoms with E-state index in [1.807, 2.05) is 30.3 Å². The number of phenolic OH excluding ortho intramolecular Hbond substituents is 1. The molecule has 1 N–H and O–H groups in total. The highest BCUT2D eigenvalue weighted by Gasteiger charge is 2.33. The van der Waals surface area contributed by atoms with Crippen LogP contribution in [0.5, 0.6) is 5.75 Å². The van der Waals surface area contributed by atoms with Gasteiger partial charge in [0.25, 0.3) is 5.91 Å². The zero-order chi connectivity index (χ0) is 22.3. The summed E-state index contributed by atoms with van der Waals surface area (Å²) < 4.78 is 0.543. The Labute approximate surface area is 188 Å². The van der Waals surface area contributed by atoms with Gasteiger partial charge in [0, 0.05) is 23.5 Å². The van der Waals surface area contributed by atoms with E-state index in [-0.39, 0.29) is 16.7 Å². The third-order valence-corrected chi connectivity index (χ3v) is 6.36.